The summed E-state index contributed by atoms with van der Waals surface area (Å²) in [6.07, 6.45) is 3.74. The van der Waals surface area contributed by atoms with Gasteiger partial charge in [0.1, 0.15) is 0 Å². The van der Waals surface area contributed by atoms with Gasteiger partial charge in [-0.2, -0.15) is 5.10 Å². The van der Waals surface area contributed by atoms with E-state index in [0.29, 0.717) is 5.92 Å². The number of rotatable bonds is 2. The number of thiazole rings is 1. The minimum atomic E-state index is 0.343. The summed E-state index contributed by atoms with van der Waals surface area (Å²) in [5, 5.41) is 8.77. The van der Waals surface area contributed by atoms with Crippen molar-refractivity contribution >= 4 is 11.3 Å². The molecule has 0 aliphatic rings. The second-order valence-electron chi connectivity index (χ2n) is 2.67. The zero-order valence-corrected chi connectivity index (χ0v) is 7.51. The van der Waals surface area contributed by atoms with Gasteiger partial charge in [0.05, 0.1) is 17.4 Å². The molecule has 0 fully saturated rings. The molecule has 0 saturated carbocycles. The highest BCUT2D eigenvalue weighted by atomic mass is 32.1. The van der Waals surface area contributed by atoms with Crippen molar-refractivity contribution < 1.29 is 0 Å². The van der Waals surface area contributed by atoms with Crippen LogP contribution in [0.1, 0.15) is 24.1 Å². The lowest BCUT2D eigenvalue weighted by Gasteiger charge is -2.03. The van der Waals surface area contributed by atoms with E-state index < -0.39 is 0 Å². The molecule has 0 amide bonds. The van der Waals surface area contributed by atoms with Crippen molar-refractivity contribution in [1.29, 1.82) is 0 Å². The molecular formula is C8H9N3S. The van der Waals surface area contributed by atoms with Crippen molar-refractivity contribution in [3.8, 4) is 0 Å². The Hall–Kier alpha value is -1.16. The van der Waals surface area contributed by atoms with E-state index in [1.54, 1.807) is 11.3 Å². The van der Waals surface area contributed by atoms with Gasteiger partial charge in [-0.05, 0) is 5.56 Å². The fourth-order valence-corrected chi connectivity index (χ4v) is 1.75. The lowest BCUT2D eigenvalue weighted by molar-refractivity contribution is 0.885. The van der Waals surface area contributed by atoms with E-state index in [9.17, 15) is 0 Å². The molecule has 62 valence electrons. The maximum Gasteiger partial charge on any atom is 0.0794 e. The van der Waals surface area contributed by atoms with Gasteiger partial charge in [-0.25, -0.2) is 4.98 Å². The number of hydrogen-bond acceptors (Lipinski definition) is 3. The van der Waals surface area contributed by atoms with Crippen LogP contribution in [-0.2, 0) is 0 Å². The van der Waals surface area contributed by atoms with Crippen molar-refractivity contribution in [3.63, 3.8) is 0 Å². The number of aromatic amines is 1. The third-order valence-electron chi connectivity index (χ3n) is 1.91. The van der Waals surface area contributed by atoms with Gasteiger partial charge in [-0.15, -0.1) is 11.3 Å². The van der Waals surface area contributed by atoms with Crippen molar-refractivity contribution in [3.05, 3.63) is 34.5 Å². The molecule has 1 N–H and O–H groups in total. The minimum absolute atomic E-state index is 0.343. The van der Waals surface area contributed by atoms with Crippen molar-refractivity contribution in [1.82, 2.24) is 15.2 Å². The van der Waals surface area contributed by atoms with Gasteiger partial charge in [0.25, 0.3) is 0 Å². The highest BCUT2D eigenvalue weighted by Crippen LogP contribution is 2.22. The summed E-state index contributed by atoms with van der Waals surface area (Å²) in [5.41, 5.74) is 4.15. The monoisotopic (exact) mass is 179 g/mol. The zero-order valence-electron chi connectivity index (χ0n) is 6.69. The Morgan fingerprint density at radius 2 is 2.50 bits per heavy atom. The van der Waals surface area contributed by atoms with E-state index in [2.05, 4.69) is 27.5 Å². The Morgan fingerprint density at radius 1 is 1.58 bits per heavy atom. The Balaban J connectivity index is 2.27. The summed E-state index contributed by atoms with van der Waals surface area (Å²) in [6, 6.07) is 0. The van der Waals surface area contributed by atoms with E-state index in [1.807, 2.05) is 17.9 Å². The Bertz CT molecular complexity index is 291. The van der Waals surface area contributed by atoms with Crippen LogP contribution < -0.4 is 0 Å². The first-order chi connectivity index (χ1) is 5.88. The maximum absolute atomic E-state index is 4.25. The predicted octanol–water partition coefficient (Wildman–Crippen LogP) is 2.02. The topological polar surface area (TPSA) is 41.6 Å². The molecule has 0 aliphatic heterocycles. The van der Waals surface area contributed by atoms with Crippen molar-refractivity contribution in [2.45, 2.75) is 12.8 Å². The maximum atomic E-state index is 4.25. The fraction of sp³-hybridized carbons (Fsp3) is 0.250. The van der Waals surface area contributed by atoms with E-state index in [1.165, 1.54) is 5.56 Å². The van der Waals surface area contributed by atoms with Gasteiger partial charge in [0, 0.05) is 17.5 Å². The summed E-state index contributed by atoms with van der Waals surface area (Å²) in [5.74, 6) is 0.343. The molecule has 2 heterocycles. The molecule has 2 rings (SSSR count). The highest BCUT2D eigenvalue weighted by molar-refractivity contribution is 7.07. The normalized spacial score (nSPS) is 13.1. The van der Waals surface area contributed by atoms with Crippen LogP contribution in [0, 0.1) is 0 Å². The molecular weight excluding hydrogens is 170 g/mol. The smallest absolute Gasteiger partial charge is 0.0794 e. The number of aromatic nitrogens is 3. The van der Waals surface area contributed by atoms with Gasteiger partial charge in [-0.3, -0.25) is 5.10 Å². The first-order valence-electron chi connectivity index (χ1n) is 3.74. The number of nitrogens with zero attached hydrogens (tertiary/aromatic N) is 2. The van der Waals surface area contributed by atoms with E-state index in [4.69, 9.17) is 0 Å². The zero-order chi connectivity index (χ0) is 8.39. The summed E-state index contributed by atoms with van der Waals surface area (Å²) in [4.78, 5) is 4.25. The molecule has 0 saturated heterocycles. The van der Waals surface area contributed by atoms with Crippen molar-refractivity contribution in [2.75, 3.05) is 0 Å². The first kappa shape index (κ1) is 7.49. The highest BCUT2D eigenvalue weighted by Gasteiger charge is 2.10. The van der Waals surface area contributed by atoms with Crippen LogP contribution in [-0.4, -0.2) is 15.2 Å². The van der Waals surface area contributed by atoms with E-state index in [0.717, 1.165) is 5.69 Å². The Labute approximate surface area is 74.5 Å². The lowest BCUT2D eigenvalue weighted by Crippen LogP contribution is -1.93. The van der Waals surface area contributed by atoms with Crippen LogP contribution in [0.25, 0.3) is 0 Å². The van der Waals surface area contributed by atoms with E-state index >= 15 is 0 Å². The van der Waals surface area contributed by atoms with E-state index in [-0.39, 0.29) is 0 Å². The standard InChI is InChI=1S/C8H9N3S/c1-6(7-2-10-11-3-7)8-4-12-5-9-8/h2-6H,1H3,(H,10,11). The Kier molecular flexibility index (Phi) is 1.91. The Morgan fingerprint density at radius 3 is 3.08 bits per heavy atom. The van der Waals surface area contributed by atoms with Crippen LogP contribution in [0.15, 0.2) is 23.3 Å². The third-order valence-corrected chi connectivity index (χ3v) is 2.52. The SMILES string of the molecule is CC(c1cn[nH]c1)c1cscn1. The largest absolute Gasteiger partial charge is 0.285 e. The molecule has 0 aliphatic carbocycles. The number of hydrogen-bond donors (Lipinski definition) is 1. The molecule has 0 spiro atoms. The molecule has 3 nitrogen and oxygen atoms in total. The van der Waals surface area contributed by atoms with Gasteiger partial charge < -0.3 is 0 Å². The third kappa shape index (κ3) is 1.25. The summed E-state index contributed by atoms with van der Waals surface area (Å²) in [6.45, 7) is 2.12. The fourth-order valence-electron chi connectivity index (χ4n) is 1.10. The van der Waals surface area contributed by atoms with Crippen LogP contribution >= 0.6 is 11.3 Å². The number of nitrogens with one attached hydrogen (secondary N) is 1. The molecule has 1 unspecified atom stereocenters. The van der Waals surface area contributed by atoms with Crippen LogP contribution in [0.4, 0.5) is 0 Å². The second kappa shape index (κ2) is 3.06. The predicted molar refractivity (Wildman–Crippen MR) is 48.2 cm³/mol. The van der Waals surface area contributed by atoms with Crippen LogP contribution in [0.2, 0.25) is 0 Å². The summed E-state index contributed by atoms with van der Waals surface area (Å²) < 4.78 is 0. The van der Waals surface area contributed by atoms with Gasteiger partial charge in [-0.1, -0.05) is 6.92 Å². The van der Waals surface area contributed by atoms with Gasteiger partial charge >= 0.3 is 0 Å². The van der Waals surface area contributed by atoms with Gasteiger partial charge in [0.2, 0.25) is 0 Å². The van der Waals surface area contributed by atoms with Crippen LogP contribution in [0.5, 0.6) is 0 Å². The molecule has 2 aromatic rings. The molecule has 4 heteroatoms. The van der Waals surface area contributed by atoms with Crippen molar-refractivity contribution in [2.24, 2.45) is 0 Å². The molecule has 1 atom stereocenters. The average molecular weight is 179 g/mol. The second-order valence-corrected chi connectivity index (χ2v) is 3.39. The average Bonchev–Trinajstić information content (AvgIpc) is 2.77. The molecule has 0 bridgehead atoms. The quantitative estimate of drug-likeness (QED) is 0.766. The molecule has 2 aromatic heterocycles. The van der Waals surface area contributed by atoms with Crippen LogP contribution in [0.3, 0.4) is 0 Å². The summed E-state index contributed by atoms with van der Waals surface area (Å²) in [7, 11) is 0. The molecule has 12 heavy (non-hydrogen) atoms. The first-order valence-corrected chi connectivity index (χ1v) is 4.69. The molecule has 0 radical (unpaired) electrons. The summed E-state index contributed by atoms with van der Waals surface area (Å²) >= 11 is 1.62. The molecule has 0 aromatic carbocycles. The lowest BCUT2D eigenvalue weighted by atomic mass is 10.0. The minimum Gasteiger partial charge on any atom is -0.285 e. The van der Waals surface area contributed by atoms with Gasteiger partial charge in [0.15, 0.2) is 0 Å². The number of H-pyrrole nitrogens is 1.